The third-order valence-electron chi connectivity index (χ3n) is 5.74. The lowest BCUT2D eigenvalue weighted by molar-refractivity contribution is -0.136. The Balaban J connectivity index is 1.42. The number of hydrogen-bond donors (Lipinski definition) is 2. The number of hydrogen-bond acceptors (Lipinski definition) is 3. The van der Waals surface area contributed by atoms with E-state index in [1.165, 1.54) is 5.56 Å². The Morgan fingerprint density at radius 2 is 1.78 bits per heavy atom. The molecule has 0 spiro atoms. The second-order valence-electron chi connectivity index (χ2n) is 7.68. The number of rotatable bonds is 4. The summed E-state index contributed by atoms with van der Waals surface area (Å²) in [6, 6.07) is 8.14. The van der Waals surface area contributed by atoms with E-state index in [0.29, 0.717) is 5.91 Å². The summed E-state index contributed by atoms with van der Waals surface area (Å²) in [5, 5.41) is 6.14. The topological polar surface area (TPSA) is 61.4 Å². The van der Waals surface area contributed by atoms with Gasteiger partial charge in [0.1, 0.15) is 0 Å². The lowest BCUT2D eigenvalue weighted by atomic mass is 9.85. The van der Waals surface area contributed by atoms with Gasteiger partial charge in [-0.05, 0) is 50.7 Å². The van der Waals surface area contributed by atoms with Crippen molar-refractivity contribution in [2.24, 2.45) is 5.92 Å². The summed E-state index contributed by atoms with van der Waals surface area (Å²) >= 11 is 1.93. The molecule has 6 heteroatoms. The second-order valence-corrected chi connectivity index (χ2v) is 8.91. The fourth-order valence-electron chi connectivity index (χ4n) is 4.10. The zero-order valence-corrected chi connectivity index (χ0v) is 17.2. The molecule has 1 heterocycles. The van der Waals surface area contributed by atoms with Crippen molar-refractivity contribution in [2.45, 2.75) is 51.6 Å². The number of nitrogens with one attached hydrogen (secondary N) is 2. The van der Waals surface area contributed by atoms with Crippen LogP contribution in [0.5, 0.6) is 0 Å². The van der Waals surface area contributed by atoms with Gasteiger partial charge in [0, 0.05) is 36.6 Å². The number of amides is 3. The van der Waals surface area contributed by atoms with Crippen molar-refractivity contribution in [3.8, 4) is 0 Å². The minimum atomic E-state index is -0.117. The van der Waals surface area contributed by atoms with Gasteiger partial charge in [-0.3, -0.25) is 4.79 Å². The van der Waals surface area contributed by atoms with Crippen LogP contribution in [0.1, 0.15) is 49.8 Å². The largest absolute Gasteiger partial charge is 0.341 e. The maximum Gasteiger partial charge on any atom is 0.315 e. The SMILES string of the molecule is Cc1ccccc1C(C)NC(=O)NC1CCC(C(=O)N2CCSCC2)CC1. The number of carbonyl (C=O) groups excluding carboxylic acids is 2. The normalized spacial score (nSPS) is 24.1. The third-order valence-corrected chi connectivity index (χ3v) is 6.68. The summed E-state index contributed by atoms with van der Waals surface area (Å²) in [7, 11) is 0. The van der Waals surface area contributed by atoms with Crippen molar-refractivity contribution in [2.75, 3.05) is 24.6 Å². The zero-order chi connectivity index (χ0) is 19.2. The minimum absolute atomic E-state index is 0.0268. The van der Waals surface area contributed by atoms with Gasteiger partial charge in [0.15, 0.2) is 0 Å². The highest BCUT2D eigenvalue weighted by atomic mass is 32.2. The molecule has 0 aromatic heterocycles. The number of urea groups is 1. The summed E-state index contributed by atoms with van der Waals surface area (Å²) in [5.41, 5.74) is 2.32. The Labute approximate surface area is 166 Å². The molecule has 1 aromatic rings. The fraction of sp³-hybridized carbons (Fsp3) is 0.619. The molecule has 27 heavy (non-hydrogen) atoms. The van der Waals surface area contributed by atoms with Crippen LogP contribution in [0.4, 0.5) is 4.79 Å². The molecule has 1 unspecified atom stereocenters. The van der Waals surface area contributed by atoms with Gasteiger partial charge in [-0.2, -0.15) is 11.8 Å². The molecule has 148 valence electrons. The van der Waals surface area contributed by atoms with Crippen molar-refractivity contribution in [3.05, 3.63) is 35.4 Å². The van der Waals surface area contributed by atoms with Crippen molar-refractivity contribution in [3.63, 3.8) is 0 Å². The number of thioether (sulfide) groups is 1. The first-order valence-electron chi connectivity index (χ1n) is 10.0. The third kappa shape index (κ3) is 5.41. The molecule has 1 aromatic carbocycles. The lowest BCUT2D eigenvalue weighted by Gasteiger charge is -2.34. The summed E-state index contributed by atoms with van der Waals surface area (Å²) in [5.74, 6) is 2.58. The minimum Gasteiger partial charge on any atom is -0.341 e. The molecule has 5 nitrogen and oxygen atoms in total. The Bertz CT molecular complexity index is 653. The number of carbonyl (C=O) groups is 2. The van der Waals surface area contributed by atoms with Gasteiger partial charge in [-0.25, -0.2) is 4.79 Å². The van der Waals surface area contributed by atoms with Crippen LogP contribution >= 0.6 is 11.8 Å². The van der Waals surface area contributed by atoms with E-state index in [4.69, 9.17) is 0 Å². The molecule has 3 rings (SSSR count). The highest BCUT2D eigenvalue weighted by Gasteiger charge is 2.30. The van der Waals surface area contributed by atoms with Gasteiger partial charge < -0.3 is 15.5 Å². The van der Waals surface area contributed by atoms with Crippen LogP contribution in [0.2, 0.25) is 0 Å². The molecule has 2 aliphatic rings. The van der Waals surface area contributed by atoms with Gasteiger partial charge in [-0.15, -0.1) is 0 Å². The molecular formula is C21H31N3O2S. The van der Waals surface area contributed by atoms with E-state index in [1.807, 2.05) is 35.7 Å². The second kappa shape index (κ2) is 9.49. The van der Waals surface area contributed by atoms with Crippen molar-refractivity contribution in [1.82, 2.24) is 15.5 Å². The van der Waals surface area contributed by atoms with Crippen LogP contribution in [-0.4, -0.2) is 47.5 Å². The van der Waals surface area contributed by atoms with Crippen LogP contribution in [0.3, 0.4) is 0 Å². The predicted molar refractivity (Wildman–Crippen MR) is 111 cm³/mol. The maximum absolute atomic E-state index is 12.6. The average molecular weight is 390 g/mol. The standard InChI is InChI=1S/C21H31N3O2S/c1-15-5-3-4-6-19(15)16(2)22-21(26)23-18-9-7-17(8-10-18)20(25)24-11-13-27-14-12-24/h3-6,16-18H,7-14H2,1-2H3,(H2,22,23,26). The maximum atomic E-state index is 12.6. The summed E-state index contributed by atoms with van der Waals surface area (Å²) in [4.78, 5) is 27.0. The molecule has 2 fully saturated rings. The predicted octanol–water partition coefficient (Wildman–Crippen LogP) is 3.49. The Hall–Kier alpha value is -1.69. The molecule has 1 atom stereocenters. The molecular weight excluding hydrogens is 358 g/mol. The lowest BCUT2D eigenvalue weighted by Crippen LogP contribution is -2.47. The number of nitrogens with zero attached hydrogens (tertiary/aromatic N) is 1. The molecule has 1 saturated heterocycles. The van der Waals surface area contributed by atoms with E-state index in [1.54, 1.807) is 0 Å². The smallest absolute Gasteiger partial charge is 0.315 e. The molecule has 0 bridgehead atoms. The van der Waals surface area contributed by atoms with Crippen molar-refractivity contribution in [1.29, 1.82) is 0 Å². The van der Waals surface area contributed by atoms with Crippen LogP contribution in [-0.2, 0) is 4.79 Å². The van der Waals surface area contributed by atoms with Crippen molar-refractivity contribution < 1.29 is 9.59 Å². The zero-order valence-electron chi connectivity index (χ0n) is 16.4. The van der Waals surface area contributed by atoms with Crippen LogP contribution in [0.15, 0.2) is 24.3 Å². The first kappa shape index (κ1) is 20.1. The first-order valence-corrected chi connectivity index (χ1v) is 11.2. The summed E-state index contributed by atoms with van der Waals surface area (Å²) in [6.07, 6.45) is 3.51. The van der Waals surface area contributed by atoms with Gasteiger partial charge in [0.25, 0.3) is 0 Å². The fourth-order valence-corrected chi connectivity index (χ4v) is 5.00. The summed E-state index contributed by atoms with van der Waals surface area (Å²) in [6.45, 7) is 5.85. The van der Waals surface area contributed by atoms with E-state index >= 15 is 0 Å². The molecule has 1 aliphatic heterocycles. The van der Waals surface area contributed by atoms with Gasteiger partial charge in [0.05, 0.1) is 6.04 Å². The number of benzene rings is 1. The monoisotopic (exact) mass is 389 g/mol. The van der Waals surface area contributed by atoms with Gasteiger partial charge in [-0.1, -0.05) is 24.3 Å². The quantitative estimate of drug-likeness (QED) is 0.829. The molecule has 1 aliphatic carbocycles. The van der Waals surface area contributed by atoms with Gasteiger partial charge >= 0.3 is 6.03 Å². The van der Waals surface area contributed by atoms with Crippen molar-refractivity contribution >= 4 is 23.7 Å². The average Bonchev–Trinajstić information content (AvgIpc) is 2.69. The number of aryl methyl sites for hydroxylation is 1. The Morgan fingerprint density at radius 3 is 2.44 bits per heavy atom. The van der Waals surface area contributed by atoms with E-state index < -0.39 is 0 Å². The Morgan fingerprint density at radius 1 is 1.11 bits per heavy atom. The van der Waals surface area contributed by atoms with E-state index in [-0.39, 0.29) is 24.0 Å². The van der Waals surface area contributed by atoms with Crippen LogP contribution in [0.25, 0.3) is 0 Å². The summed E-state index contributed by atoms with van der Waals surface area (Å²) < 4.78 is 0. The molecule has 2 N–H and O–H groups in total. The van der Waals surface area contributed by atoms with Crippen LogP contribution < -0.4 is 10.6 Å². The van der Waals surface area contributed by atoms with Crippen LogP contribution in [0, 0.1) is 12.8 Å². The molecule has 0 radical (unpaired) electrons. The van der Waals surface area contributed by atoms with E-state index in [2.05, 4.69) is 29.7 Å². The molecule has 3 amide bonds. The van der Waals surface area contributed by atoms with Gasteiger partial charge in [0.2, 0.25) is 5.91 Å². The molecule has 1 saturated carbocycles. The highest BCUT2D eigenvalue weighted by molar-refractivity contribution is 7.99. The Kier molecular flexibility index (Phi) is 7.05. The highest BCUT2D eigenvalue weighted by Crippen LogP contribution is 2.27. The van der Waals surface area contributed by atoms with E-state index in [0.717, 1.165) is 55.8 Å². The van der Waals surface area contributed by atoms with E-state index in [9.17, 15) is 9.59 Å². The first-order chi connectivity index (χ1) is 13.0.